The van der Waals surface area contributed by atoms with Crippen molar-refractivity contribution in [2.45, 2.75) is 18.8 Å². The average Bonchev–Trinajstić information content (AvgIpc) is 3.20. The molecule has 1 aliphatic heterocycles. The second kappa shape index (κ2) is 8.92. The fourth-order valence-electron chi connectivity index (χ4n) is 3.10. The summed E-state index contributed by atoms with van der Waals surface area (Å²) in [6.07, 6.45) is 2.12. The molecular formula is C19H17BrFN5O3S. The van der Waals surface area contributed by atoms with Crippen molar-refractivity contribution in [1.82, 2.24) is 19.2 Å². The summed E-state index contributed by atoms with van der Waals surface area (Å²) in [4.78, 5) is 21.4. The number of anilines is 2. The van der Waals surface area contributed by atoms with Crippen LogP contribution in [0.3, 0.4) is 0 Å². The van der Waals surface area contributed by atoms with Gasteiger partial charge in [0.15, 0.2) is 11.6 Å². The molecule has 3 aromatic rings. The molecule has 1 aromatic carbocycles. The quantitative estimate of drug-likeness (QED) is 0.501. The van der Waals surface area contributed by atoms with E-state index in [-0.39, 0.29) is 11.7 Å². The third kappa shape index (κ3) is 4.85. The highest BCUT2D eigenvalue weighted by Gasteiger charge is 2.26. The normalized spacial score (nSPS) is 14.5. The van der Waals surface area contributed by atoms with E-state index in [4.69, 9.17) is 9.84 Å². The largest absolute Gasteiger partial charge is 0.465 e. The van der Waals surface area contributed by atoms with Crippen molar-refractivity contribution in [3.8, 4) is 11.5 Å². The molecule has 1 amide bonds. The van der Waals surface area contributed by atoms with Crippen LogP contribution in [0.5, 0.6) is 11.5 Å². The van der Waals surface area contributed by atoms with Gasteiger partial charge >= 0.3 is 6.09 Å². The zero-order valence-electron chi connectivity index (χ0n) is 15.6. The van der Waals surface area contributed by atoms with Crippen molar-refractivity contribution in [1.29, 1.82) is 0 Å². The van der Waals surface area contributed by atoms with Gasteiger partial charge < -0.3 is 20.1 Å². The van der Waals surface area contributed by atoms with Gasteiger partial charge in [-0.25, -0.2) is 19.2 Å². The van der Waals surface area contributed by atoms with Crippen LogP contribution in [-0.2, 0) is 0 Å². The number of nitrogens with zero attached hydrogens (tertiary/aromatic N) is 4. The molecule has 3 heterocycles. The number of aromatic nitrogens is 3. The highest BCUT2D eigenvalue weighted by atomic mass is 79.9. The molecule has 8 nitrogen and oxygen atoms in total. The fraction of sp³-hybridized carbons (Fsp3) is 0.263. The number of ether oxygens (including phenoxy) is 1. The second-order valence-corrected chi connectivity index (χ2v) is 8.35. The molecule has 11 heteroatoms. The number of benzene rings is 1. The molecule has 1 fully saturated rings. The number of halogens is 2. The molecule has 0 saturated carbocycles. The Labute approximate surface area is 184 Å². The summed E-state index contributed by atoms with van der Waals surface area (Å²) in [5.74, 6) is 1.85. The standard InChI is InChI=1S/C19H17BrFN5O3S/c20-12-9-15(29-14-3-1-13(21)2-4-14)17(22-10-12)24-18-23-16(25-30-18)11-5-7-26(8-6-11)19(27)28/h1-4,9-11H,5-8H2,(H,27,28)(H,22,23,24,25). The van der Waals surface area contributed by atoms with E-state index in [9.17, 15) is 9.18 Å². The molecule has 0 aliphatic carbocycles. The van der Waals surface area contributed by atoms with Crippen LogP contribution in [0.4, 0.5) is 20.1 Å². The summed E-state index contributed by atoms with van der Waals surface area (Å²) in [7, 11) is 0. The number of hydrogen-bond donors (Lipinski definition) is 2. The maximum absolute atomic E-state index is 13.1. The molecule has 2 N–H and O–H groups in total. The van der Waals surface area contributed by atoms with E-state index in [1.54, 1.807) is 12.3 Å². The van der Waals surface area contributed by atoms with Crippen molar-refractivity contribution in [3.63, 3.8) is 0 Å². The lowest BCUT2D eigenvalue weighted by molar-refractivity contribution is 0.131. The highest BCUT2D eigenvalue weighted by molar-refractivity contribution is 9.10. The second-order valence-electron chi connectivity index (χ2n) is 6.68. The summed E-state index contributed by atoms with van der Waals surface area (Å²) >= 11 is 4.58. The number of rotatable bonds is 5. The Morgan fingerprint density at radius 1 is 1.30 bits per heavy atom. The molecule has 2 aromatic heterocycles. The predicted molar refractivity (Wildman–Crippen MR) is 113 cm³/mol. The van der Waals surface area contributed by atoms with E-state index in [2.05, 4.69) is 35.6 Å². The van der Waals surface area contributed by atoms with Crippen LogP contribution in [0.1, 0.15) is 24.6 Å². The Kier molecular flexibility index (Phi) is 6.09. The number of amides is 1. The van der Waals surface area contributed by atoms with Gasteiger partial charge in [0.25, 0.3) is 0 Å². The smallest absolute Gasteiger partial charge is 0.407 e. The van der Waals surface area contributed by atoms with Crippen LogP contribution in [0.15, 0.2) is 41.0 Å². The third-order valence-electron chi connectivity index (χ3n) is 4.66. The number of pyridine rings is 1. The number of hydrogen-bond acceptors (Lipinski definition) is 7. The molecular weight excluding hydrogens is 477 g/mol. The van der Waals surface area contributed by atoms with E-state index in [1.165, 1.54) is 40.7 Å². The van der Waals surface area contributed by atoms with Gasteiger partial charge in [0.05, 0.1) is 0 Å². The monoisotopic (exact) mass is 493 g/mol. The van der Waals surface area contributed by atoms with Gasteiger partial charge in [0.2, 0.25) is 5.13 Å². The van der Waals surface area contributed by atoms with Gasteiger partial charge in [-0.05, 0) is 53.0 Å². The molecule has 1 aliphatic rings. The summed E-state index contributed by atoms with van der Waals surface area (Å²) in [6, 6.07) is 7.46. The van der Waals surface area contributed by atoms with Gasteiger partial charge in [0, 0.05) is 47.3 Å². The van der Waals surface area contributed by atoms with E-state index >= 15 is 0 Å². The fourth-order valence-corrected chi connectivity index (χ4v) is 4.06. The van der Waals surface area contributed by atoms with Crippen molar-refractivity contribution in [2.24, 2.45) is 0 Å². The maximum atomic E-state index is 13.1. The van der Waals surface area contributed by atoms with Crippen molar-refractivity contribution < 1.29 is 19.0 Å². The minimum atomic E-state index is -0.892. The number of carboxylic acid groups (broad SMARTS) is 1. The lowest BCUT2D eigenvalue weighted by atomic mass is 9.96. The van der Waals surface area contributed by atoms with Gasteiger partial charge in [-0.3, -0.25) is 0 Å². The van der Waals surface area contributed by atoms with Gasteiger partial charge in [-0.15, -0.1) is 0 Å². The first-order valence-electron chi connectivity index (χ1n) is 9.15. The van der Waals surface area contributed by atoms with Crippen molar-refractivity contribution in [3.05, 3.63) is 52.6 Å². The van der Waals surface area contributed by atoms with E-state index in [0.29, 0.717) is 54.2 Å². The van der Waals surface area contributed by atoms with Gasteiger partial charge in [0.1, 0.15) is 17.4 Å². The number of carbonyl (C=O) groups is 1. The van der Waals surface area contributed by atoms with Crippen LogP contribution in [0, 0.1) is 5.82 Å². The summed E-state index contributed by atoms with van der Waals surface area (Å²) in [6.45, 7) is 0.956. The van der Waals surface area contributed by atoms with E-state index in [1.807, 2.05) is 0 Å². The zero-order valence-corrected chi connectivity index (χ0v) is 18.0. The Morgan fingerprint density at radius 2 is 2.03 bits per heavy atom. The molecule has 0 atom stereocenters. The lowest BCUT2D eigenvalue weighted by Crippen LogP contribution is -2.37. The summed E-state index contributed by atoms with van der Waals surface area (Å²) in [5.41, 5.74) is 0. The van der Waals surface area contributed by atoms with E-state index in [0.717, 1.165) is 4.47 Å². The topological polar surface area (TPSA) is 100 Å². The lowest BCUT2D eigenvalue weighted by Gasteiger charge is -2.28. The zero-order chi connectivity index (χ0) is 21.1. The molecule has 30 heavy (non-hydrogen) atoms. The number of likely N-dealkylation sites (tertiary alicyclic amines) is 1. The van der Waals surface area contributed by atoms with Crippen molar-refractivity contribution >= 4 is 44.5 Å². The minimum absolute atomic E-state index is 0.125. The SMILES string of the molecule is O=C(O)N1CCC(c2nsc(Nc3ncc(Br)cc3Oc3ccc(F)cc3)n2)CC1. The molecule has 0 radical (unpaired) electrons. The van der Waals surface area contributed by atoms with Crippen LogP contribution in [0.25, 0.3) is 0 Å². The van der Waals surface area contributed by atoms with Crippen LogP contribution < -0.4 is 10.1 Å². The first-order chi connectivity index (χ1) is 14.5. The van der Waals surface area contributed by atoms with Crippen LogP contribution >= 0.6 is 27.5 Å². The van der Waals surface area contributed by atoms with Gasteiger partial charge in [-0.2, -0.15) is 4.37 Å². The van der Waals surface area contributed by atoms with Crippen LogP contribution in [-0.4, -0.2) is 43.5 Å². The maximum Gasteiger partial charge on any atom is 0.407 e. The molecule has 156 valence electrons. The molecule has 0 bridgehead atoms. The highest BCUT2D eigenvalue weighted by Crippen LogP contribution is 2.34. The number of piperidine rings is 1. The Morgan fingerprint density at radius 3 is 2.73 bits per heavy atom. The first kappa shape index (κ1) is 20.5. The molecule has 0 unspecified atom stereocenters. The first-order valence-corrected chi connectivity index (χ1v) is 10.7. The Hall–Kier alpha value is -2.79. The summed E-state index contributed by atoms with van der Waals surface area (Å²) < 4.78 is 24.1. The summed E-state index contributed by atoms with van der Waals surface area (Å²) in [5, 5.41) is 12.8. The number of nitrogens with one attached hydrogen (secondary N) is 1. The third-order valence-corrected chi connectivity index (χ3v) is 5.74. The molecule has 4 rings (SSSR count). The van der Waals surface area contributed by atoms with Crippen LogP contribution in [0.2, 0.25) is 0 Å². The minimum Gasteiger partial charge on any atom is -0.465 e. The molecule has 1 saturated heterocycles. The van der Waals surface area contributed by atoms with Crippen molar-refractivity contribution in [2.75, 3.05) is 18.4 Å². The van der Waals surface area contributed by atoms with Gasteiger partial charge in [-0.1, -0.05) is 0 Å². The average molecular weight is 494 g/mol. The Bertz CT molecular complexity index is 1040. The molecule has 0 spiro atoms. The van der Waals surface area contributed by atoms with E-state index < -0.39 is 6.09 Å². The Balaban J connectivity index is 1.47. The predicted octanol–water partition coefficient (Wildman–Crippen LogP) is 5.23.